The van der Waals surface area contributed by atoms with Crippen molar-refractivity contribution >= 4 is 11.3 Å². The number of ether oxygens (including phenoxy) is 1. The maximum absolute atomic E-state index is 12.2. The predicted molar refractivity (Wildman–Crippen MR) is 70.6 cm³/mol. The summed E-state index contributed by atoms with van der Waals surface area (Å²) in [6.07, 6.45) is -7.05. The van der Waals surface area contributed by atoms with Crippen LogP contribution in [0.1, 0.15) is 30.7 Å². The van der Waals surface area contributed by atoms with Crippen molar-refractivity contribution in [2.75, 3.05) is 20.2 Å². The summed E-state index contributed by atoms with van der Waals surface area (Å²) in [7, 11) is 1.51. The van der Waals surface area contributed by atoms with Crippen LogP contribution in [0.4, 0.5) is 13.2 Å². The quantitative estimate of drug-likeness (QED) is 0.840. The number of hydrogen-bond acceptors (Lipinski definition) is 5. The minimum absolute atomic E-state index is 0.121. The van der Waals surface area contributed by atoms with Gasteiger partial charge in [0.2, 0.25) is 0 Å². The number of rotatable bonds is 7. The summed E-state index contributed by atoms with van der Waals surface area (Å²) >= 11 is 1.42. The first kappa shape index (κ1) is 17.4. The van der Waals surface area contributed by atoms with Crippen LogP contribution in [0.2, 0.25) is 0 Å². The molecular formula is C12H19F3N2O2S. The van der Waals surface area contributed by atoms with Crippen molar-refractivity contribution in [3.63, 3.8) is 0 Å². The molecule has 0 saturated carbocycles. The van der Waals surface area contributed by atoms with Gasteiger partial charge < -0.3 is 9.84 Å². The molecule has 0 spiro atoms. The zero-order valence-corrected chi connectivity index (χ0v) is 12.5. The second-order valence-corrected chi connectivity index (χ2v) is 5.42. The Labute approximate surface area is 120 Å². The van der Waals surface area contributed by atoms with E-state index < -0.39 is 18.8 Å². The molecule has 0 amide bonds. The van der Waals surface area contributed by atoms with Gasteiger partial charge in [-0.25, -0.2) is 4.98 Å². The molecule has 0 aliphatic rings. The van der Waals surface area contributed by atoms with E-state index in [4.69, 9.17) is 9.84 Å². The molecule has 1 rings (SSSR count). The summed E-state index contributed by atoms with van der Waals surface area (Å²) in [5.41, 5.74) is 0.674. The molecule has 0 aliphatic heterocycles. The lowest BCUT2D eigenvalue weighted by molar-refractivity contribution is -0.207. The van der Waals surface area contributed by atoms with Crippen molar-refractivity contribution in [2.24, 2.45) is 0 Å². The normalized spacial score (nSPS) is 15.6. The van der Waals surface area contributed by atoms with Crippen LogP contribution in [0.3, 0.4) is 0 Å². The van der Waals surface area contributed by atoms with Crippen LogP contribution in [0, 0.1) is 0 Å². The van der Waals surface area contributed by atoms with E-state index in [0.717, 1.165) is 5.01 Å². The van der Waals surface area contributed by atoms with Crippen LogP contribution in [0.15, 0.2) is 5.38 Å². The summed E-state index contributed by atoms with van der Waals surface area (Å²) in [4.78, 5) is 5.72. The number of nitrogens with zero attached hydrogens (tertiary/aromatic N) is 2. The zero-order valence-electron chi connectivity index (χ0n) is 11.6. The average molecular weight is 312 g/mol. The number of alkyl halides is 3. The van der Waals surface area contributed by atoms with E-state index in [1.807, 2.05) is 13.8 Å². The minimum atomic E-state index is -4.59. The smallest absolute Gasteiger partial charge is 0.382 e. The molecule has 1 aromatic heterocycles. The number of aromatic nitrogens is 1. The molecule has 116 valence electrons. The fraction of sp³-hybridized carbons (Fsp3) is 0.750. The van der Waals surface area contributed by atoms with Crippen LogP contribution in [0.25, 0.3) is 0 Å². The SMILES string of the molecule is CCOC(C)c1nc(CN(C)CC(O)C(F)(F)F)cs1. The van der Waals surface area contributed by atoms with E-state index in [2.05, 4.69) is 4.98 Å². The van der Waals surface area contributed by atoms with E-state index in [9.17, 15) is 13.2 Å². The van der Waals surface area contributed by atoms with Crippen LogP contribution in [-0.4, -0.2) is 47.5 Å². The van der Waals surface area contributed by atoms with Crippen LogP contribution in [-0.2, 0) is 11.3 Å². The van der Waals surface area contributed by atoms with Gasteiger partial charge in [0.15, 0.2) is 6.10 Å². The maximum atomic E-state index is 12.2. The van der Waals surface area contributed by atoms with Gasteiger partial charge in [0.05, 0.1) is 5.69 Å². The summed E-state index contributed by atoms with van der Waals surface area (Å²) in [6.45, 7) is 4.12. The Balaban J connectivity index is 2.52. The van der Waals surface area contributed by atoms with Crippen molar-refractivity contribution < 1.29 is 23.0 Å². The highest BCUT2D eigenvalue weighted by Crippen LogP contribution is 2.23. The first-order valence-electron chi connectivity index (χ1n) is 6.23. The Morgan fingerprint density at radius 1 is 1.50 bits per heavy atom. The number of likely N-dealkylation sites (N-methyl/N-ethyl adjacent to an activating group) is 1. The minimum Gasteiger partial charge on any atom is -0.382 e. The van der Waals surface area contributed by atoms with Gasteiger partial charge in [-0.1, -0.05) is 0 Å². The summed E-state index contributed by atoms with van der Waals surface area (Å²) in [6, 6.07) is 0. The molecule has 0 saturated heterocycles. The molecule has 0 bridgehead atoms. The summed E-state index contributed by atoms with van der Waals surface area (Å²) < 4.78 is 42.1. The van der Waals surface area contributed by atoms with Gasteiger partial charge in [-0.05, 0) is 20.9 Å². The second-order valence-electron chi connectivity index (χ2n) is 4.53. The zero-order chi connectivity index (χ0) is 15.3. The van der Waals surface area contributed by atoms with Gasteiger partial charge in [-0.2, -0.15) is 13.2 Å². The largest absolute Gasteiger partial charge is 0.415 e. The van der Waals surface area contributed by atoms with Crippen molar-refractivity contribution in [3.8, 4) is 0 Å². The van der Waals surface area contributed by atoms with Crippen molar-refractivity contribution in [2.45, 2.75) is 38.8 Å². The van der Waals surface area contributed by atoms with Gasteiger partial charge in [0, 0.05) is 25.1 Å². The first-order valence-corrected chi connectivity index (χ1v) is 7.11. The van der Waals surface area contributed by atoms with Gasteiger partial charge in [-0.3, -0.25) is 4.90 Å². The molecule has 20 heavy (non-hydrogen) atoms. The molecule has 1 aromatic rings. The molecule has 0 aliphatic carbocycles. The number of aliphatic hydroxyl groups excluding tert-OH is 1. The highest BCUT2D eigenvalue weighted by Gasteiger charge is 2.38. The van der Waals surface area contributed by atoms with E-state index in [-0.39, 0.29) is 12.6 Å². The lowest BCUT2D eigenvalue weighted by Crippen LogP contribution is -2.39. The predicted octanol–water partition coefficient (Wildman–Crippen LogP) is 2.60. The van der Waals surface area contributed by atoms with E-state index in [0.29, 0.717) is 12.3 Å². The summed E-state index contributed by atoms with van der Waals surface area (Å²) in [5, 5.41) is 11.6. The molecule has 1 heterocycles. The number of thiazole rings is 1. The molecule has 2 atom stereocenters. The Hall–Kier alpha value is -0.700. The number of hydrogen-bond donors (Lipinski definition) is 1. The highest BCUT2D eigenvalue weighted by atomic mass is 32.1. The standard InChI is InChI=1S/C12H19F3N2O2S/c1-4-19-8(2)11-16-9(7-20-11)5-17(3)6-10(18)12(13,14)15/h7-8,10,18H,4-6H2,1-3H3. The monoisotopic (exact) mass is 312 g/mol. The second kappa shape index (κ2) is 7.35. The van der Waals surface area contributed by atoms with E-state index >= 15 is 0 Å². The van der Waals surface area contributed by atoms with Crippen LogP contribution >= 0.6 is 11.3 Å². The molecule has 0 aromatic carbocycles. The molecule has 4 nitrogen and oxygen atoms in total. The average Bonchev–Trinajstić information content (AvgIpc) is 2.76. The van der Waals surface area contributed by atoms with Gasteiger partial charge in [0.1, 0.15) is 11.1 Å². The third-order valence-electron chi connectivity index (χ3n) is 2.63. The fourth-order valence-corrected chi connectivity index (χ4v) is 2.46. The number of aliphatic hydroxyl groups is 1. The van der Waals surface area contributed by atoms with Crippen molar-refractivity contribution in [1.29, 1.82) is 0 Å². The van der Waals surface area contributed by atoms with Crippen LogP contribution in [0.5, 0.6) is 0 Å². The van der Waals surface area contributed by atoms with Crippen molar-refractivity contribution in [3.05, 3.63) is 16.1 Å². The Morgan fingerprint density at radius 2 is 2.15 bits per heavy atom. The fourth-order valence-electron chi connectivity index (χ4n) is 1.64. The van der Waals surface area contributed by atoms with Gasteiger partial charge in [0.25, 0.3) is 0 Å². The Morgan fingerprint density at radius 3 is 2.70 bits per heavy atom. The Bertz CT molecular complexity index is 412. The molecule has 0 fully saturated rings. The molecule has 0 radical (unpaired) electrons. The lowest BCUT2D eigenvalue weighted by atomic mass is 10.3. The van der Waals surface area contributed by atoms with E-state index in [1.54, 1.807) is 5.38 Å². The molecule has 2 unspecified atom stereocenters. The topological polar surface area (TPSA) is 45.6 Å². The third-order valence-corrected chi connectivity index (χ3v) is 3.68. The third kappa shape index (κ3) is 5.35. The number of halogens is 3. The highest BCUT2D eigenvalue weighted by molar-refractivity contribution is 7.09. The lowest BCUT2D eigenvalue weighted by Gasteiger charge is -2.21. The van der Waals surface area contributed by atoms with Crippen molar-refractivity contribution in [1.82, 2.24) is 9.88 Å². The first-order chi connectivity index (χ1) is 9.24. The van der Waals surface area contributed by atoms with Gasteiger partial charge >= 0.3 is 6.18 Å². The van der Waals surface area contributed by atoms with Crippen LogP contribution < -0.4 is 0 Å². The Kier molecular flexibility index (Phi) is 6.38. The van der Waals surface area contributed by atoms with Gasteiger partial charge in [-0.15, -0.1) is 11.3 Å². The molecule has 1 N–H and O–H groups in total. The summed E-state index contributed by atoms with van der Waals surface area (Å²) in [5.74, 6) is 0. The molecule has 8 heteroatoms. The molecular weight excluding hydrogens is 293 g/mol. The van der Waals surface area contributed by atoms with E-state index in [1.165, 1.54) is 23.3 Å². The maximum Gasteiger partial charge on any atom is 0.415 e.